The van der Waals surface area contributed by atoms with E-state index < -0.39 is 0 Å². The summed E-state index contributed by atoms with van der Waals surface area (Å²) in [5.74, 6) is 0.689. The molecule has 0 radical (unpaired) electrons. The lowest BCUT2D eigenvalue weighted by atomic mass is 10.2. The second-order valence-electron chi connectivity index (χ2n) is 5.36. The Morgan fingerprint density at radius 1 is 1.00 bits per heavy atom. The average Bonchev–Trinajstić information content (AvgIpc) is 3.30. The van der Waals surface area contributed by atoms with E-state index in [2.05, 4.69) is 20.2 Å². The molecule has 25 heavy (non-hydrogen) atoms. The molecule has 122 valence electrons. The molecule has 4 aromatic rings. The molecule has 0 aliphatic heterocycles. The van der Waals surface area contributed by atoms with Crippen molar-refractivity contribution < 1.29 is 8.81 Å². The Morgan fingerprint density at radius 3 is 2.68 bits per heavy atom. The van der Waals surface area contributed by atoms with Crippen molar-refractivity contribution in [3.8, 4) is 22.9 Å². The van der Waals surface area contributed by atoms with Crippen LogP contribution in [0.25, 0.3) is 35.1 Å². The molecule has 0 spiro atoms. The van der Waals surface area contributed by atoms with Gasteiger partial charge in [-0.05, 0) is 35.9 Å². The van der Waals surface area contributed by atoms with Gasteiger partial charge in [0.15, 0.2) is 5.76 Å². The molecule has 0 aliphatic carbocycles. The maximum Gasteiger partial charge on any atom is 0.245 e. The third-order valence-electron chi connectivity index (χ3n) is 3.66. The van der Waals surface area contributed by atoms with Crippen LogP contribution in [0, 0.1) is 5.82 Å². The van der Waals surface area contributed by atoms with Gasteiger partial charge < -0.3 is 4.42 Å². The van der Waals surface area contributed by atoms with Gasteiger partial charge in [0.25, 0.3) is 0 Å². The van der Waals surface area contributed by atoms with Crippen molar-refractivity contribution in [2.75, 3.05) is 0 Å². The molecule has 5 nitrogen and oxygen atoms in total. The first-order valence-corrected chi connectivity index (χ1v) is 7.63. The zero-order valence-electron chi connectivity index (χ0n) is 13.1. The van der Waals surface area contributed by atoms with Gasteiger partial charge in [0, 0.05) is 23.5 Å². The highest BCUT2D eigenvalue weighted by Crippen LogP contribution is 2.27. The molecule has 0 saturated heterocycles. The van der Waals surface area contributed by atoms with Crippen molar-refractivity contribution in [3.05, 3.63) is 78.1 Å². The Balaban J connectivity index is 1.62. The third kappa shape index (κ3) is 3.23. The van der Waals surface area contributed by atoms with Crippen LogP contribution < -0.4 is 0 Å². The van der Waals surface area contributed by atoms with Crippen molar-refractivity contribution in [2.45, 2.75) is 0 Å². The van der Waals surface area contributed by atoms with Gasteiger partial charge in [-0.3, -0.25) is 10.1 Å². The molecular weight excluding hydrogens is 319 g/mol. The smallest absolute Gasteiger partial charge is 0.245 e. The molecule has 3 heterocycles. The van der Waals surface area contributed by atoms with Crippen molar-refractivity contribution in [2.24, 2.45) is 0 Å². The van der Waals surface area contributed by atoms with Crippen LogP contribution in [0.5, 0.6) is 0 Å². The van der Waals surface area contributed by atoms with Crippen LogP contribution in [0.1, 0.15) is 11.1 Å². The summed E-state index contributed by atoms with van der Waals surface area (Å²) in [7, 11) is 0. The average molecular weight is 332 g/mol. The van der Waals surface area contributed by atoms with Crippen LogP contribution in [-0.2, 0) is 0 Å². The molecule has 6 heteroatoms. The molecule has 1 aromatic carbocycles. The molecule has 4 rings (SSSR count). The van der Waals surface area contributed by atoms with E-state index in [0.29, 0.717) is 17.3 Å². The minimum atomic E-state index is -0.292. The third-order valence-corrected chi connectivity index (χ3v) is 3.66. The highest BCUT2D eigenvalue weighted by molar-refractivity contribution is 5.76. The second-order valence-corrected chi connectivity index (χ2v) is 5.36. The SMILES string of the molecule is Fc1ccc(-c2cnc(-c3[nH]ncc3C=Cc3cccnc3)o2)cc1. The fourth-order valence-corrected chi connectivity index (χ4v) is 2.39. The predicted molar refractivity (Wildman–Crippen MR) is 92.6 cm³/mol. The number of halogens is 1. The van der Waals surface area contributed by atoms with Gasteiger partial charge in [-0.15, -0.1) is 0 Å². The van der Waals surface area contributed by atoms with Crippen molar-refractivity contribution in [3.63, 3.8) is 0 Å². The molecule has 0 amide bonds. The van der Waals surface area contributed by atoms with Gasteiger partial charge in [0.1, 0.15) is 11.5 Å². The Kier molecular flexibility index (Phi) is 3.92. The summed E-state index contributed by atoms with van der Waals surface area (Å²) >= 11 is 0. The topological polar surface area (TPSA) is 67.6 Å². The number of rotatable bonds is 4. The highest BCUT2D eigenvalue weighted by atomic mass is 19.1. The van der Waals surface area contributed by atoms with Crippen LogP contribution in [0.3, 0.4) is 0 Å². The first-order chi connectivity index (χ1) is 12.3. The summed E-state index contributed by atoms with van der Waals surface area (Å²) < 4.78 is 18.8. The monoisotopic (exact) mass is 332 g/mol. The summed E-state index contributed by atoms with van der Waals surface area (Å²) in [6.45, 7) is 0. The van der Waals surface area contributed by atoms with Crippen LogP contribution in [0.4, 0.5) is 4.39 Å². The zero-order valence-corrected chi connectivity index (χ0v) is 13.1. The summed E-state index contributed by atoms with van der Waals surface area (Å²) in [5.41, 5.74) is 3.26. The number of pyridine rings is 1. The van der Waals surface area contributed by atoms with E-state index in [4.69, 9.17) is 4.42 Å². The molecule has 0 saturated carbocycles. The molecule has 0 fully saturated rings. The molecule has 0 unspecified atom stereocenters. The number of H-pyrrole nitrogens is 1. The number of hydrogen-bond acceptors (Lipinski definition) is 4. The molecule has 0 atom stereocenters. The molecule has 3 aromatic heterocycles. The minimum Gasteiger partial charge on any atom is -0.435 e. The fourth-order valence-electron chi connectivity index (χ4n) is 2.39. The van der Waals surface area contributed by atoms with Crippen LogP contribution in [0.15, 0.2) is 65.6 Å². The molecule has 1 N–H and O–H groups in total. The van der Waals surface area contributed by atoms with E-state index in [9.17, 15) is 4.39 Å². The summed E-state index contributed by atoms with van der Waals surface area (Å²) in [6.07, 6.45) is 10.7. The normalized spacial score (nSPS) is 11.2. The molecule has 0 bridgehead atoms. The highest BCUT2D eigenvalue weighted by Gasteiger charge is 2.13. The predicted octanol–water partition coefficient (Wildman–Crippen LogP) is 4.44. The van der Waals surface area contributed by atoms with Crippen LogP contribution in [0.2, 0.25) is 0 Å². The number of nitrogens with zero attached hydrogens (tertiary/aromatic N) is 3. The number of oxazole rings is 1. The summed E-state index contributed by atoms with van der Waals surface area (Å²) in [5, 5.41) is 6.96. The maximum absolute atomic E-state index is 13.0. The van der Waals surface area contributed by atoms with Gasteiger partial charge in [-0.1, -0.05) is 18.2 Å². The van der Waals surface area contributed by atoms with Gasteiger partial charge in [0.2, 0.25) is 5.89 Å². The van der Waals surface area contributed by atoms with Gasteiger partial charge in [-0.25, -0.2) is 9.37 Å². The lowest BCUT2D eigenvalue weighted by molar-refractivity contribution is 0.585. The Bertz CT molecular complexity index is 1000. The van der Waals surface area contributed by atoms with E-state index in [1.54, 1.807) is 36.9 Å². The lowest BCUT2D eigenvalue weighted by Gasteiger charge is -1.96. The van der Waals surface area contributed by atoms with Crippen molar-refractivity contribution >= 4 is 12.2 Å². The summed E-state index contributed by atoms with van der Waals surface area (Å²) in [6, 6.07) is 9.90. The van der Waals surface area contributed by atoms with Crippen LogP contribution >= 0.6 is 0 Å². The van der Waals surface area contributed by atoms with Gasteiger partial charge in [-0.2, -0.15) is 5.10 Å². The Morgan fingerprint density at radius 2 is 1.88 bits per heavy atom. The number of hydrogen-bond donors (Lipinski definition) is 1. The molecule has 0 aliphatic rings. The van der Waals surface area contributed by atoms with Gasteiger partial charge >= 0.3 is 0 Å². The standard InChI is InChI=1S/C19H13FN4O/c20-16-7-5-14(6-8-16)17-12-22-19(25-17)18-15(11-23-24-18)4-3-13-2-1-9-21-10-13/h1-12H,(H,23,24). The largest absolute Gasteiger partial charge is 0.435 e. The van der Waals surface area contributed by atoms with Gasteiger partial charge in [0.05, 0.1) is 12.4 Å². The molecular formula is C19H13FN4O. The van der Waals surface area contributed by atoms with Crippen LogP contribution in [-0.4, -0.2) is 20.2 Å². The first-order valence-electron chi connectivity index (χ1n) is 7.63. The van der Waals surface area contributed by atoms with E-state index in [0.717, 1.165) is 16.7 Å². The van der Waals surface area contributed by atoms with Crippen molar-refractivity contribution in [1.82, 2.24) is 20.2 Å². The van der Waals surface area contributed by atoms with E-state index in [1.807, 2.05) is 24.3 Å². The van der Waals surface area contributed by atoms with E-state index >= 15 is 0 Å². The summed E-state index contributed by atoms with van der Waals surface area (Å²) in [4.78, 5) is 8.37. The number of aromatic amines is 1. The number of benzene rings is 1. The number of aromatic nitrogens is 4. The van der Waals surface area contributed by atoms with E-state index in [-0.39, 0.29) is 5.82 Å². The minimum absolute atomic E-state index is 0.292. The lowest BCUT2D eigenvalue weighted by Crippen LogP contribution is -1.80. The number of nitrogens with one attached hydrogen (secondary N) is 1. The second kappa shape index (κ2) is 6.52. The Hall–Kier alpha value is -3.54. The first kappa shape index (κ1) is 15.0. The fraction of sp³-hybridized carbons (Fsp3) is 0. The maximum atomic E-state index is 13.0. The zero-order chi connectivity index (χ0) is 17.1. The van der Waals surface area contributed by atoms with E-state index in [1.165, 1.54) is 12.1 Å². The van der Waals surface area contributed by atoms with Crippen molar-refractivity contribution in [1.29, 1.82) is 0 Å². The Labute approximate surface area is 142 Å². The quantitative estimate of drug-likeness (QED) is 0.600.